The highest BCUT2D eigenvalue weighted by atomic mass is 16.2. The molecule has 0 aliphatic rings. The number of carbonyl (C=O) groups excluding carboxylic acids is 2. The number of primary amides is 2. The summed E-state index contributed by atoms with van der Waals surface area (Å²) in [5.74, 6) is 4.68. The minimum Gasteiger partial charge on any atom is -0.369 e. The number of carbonyl (C=O) groups is 2. The van der Waals surface area contributed by atoms with Crippen LogP contribution in [0.2, 0.25) is 0 Å². The molecule has 0 radical (unpaired) electrons. The molecule has 0 atom stereocenters. The van der Waals surface area contributed by atoms with Crippen molar-refractivity contribution in [2.45, 2.75) is 6.54 Å². The number of hydrogen-bond donors (Lipinski definition) is 4. The quantitative estimate of drug-likeness (QED) is 0.331. The zero-order valence-electron chi connectivity index (χ0n) is 9.80. The lowest BCUT2D eigenvalue weighted by atomic mass is 10.2. The fraction of sp³-hybridized carbons (Fsp3) is 0.300. The van der Waals surface area contributed by atoms with Crippen molar-refractivity contribution in [1.29, 1.82) is 0 Å². The highest BCUT2D eigenvalue weighted by Gasteiger charge is 2.12. The summed E-state index contributed by atoms with van der Waals surface area (Å²) in [6.07, 6.45) is 1.57. The first-order chi connectivity index (χ1) is 8.51. The van der Waals surface area contributed by atoms with Crippen molar-refractivity contribution in [2.75, 3.05) is 18.5 Å². The second-order valence-electron chi connectivity index (χ2n) is 3.77. The van der Waals surface area contributed by atoms with Gasteiger partial charge in [0.1, 0.15) is 5.82 Å². The number of nitrogen functional groups attached to an aromatic ring is 1. The Bertz CT molecular complexity index is 420. The van der Waals surface area contributed by atoms with E-state index in [9.17, 15) is 9.59 Å². The first-order valence-corrected chi connectivity index (χ1v) is 5.21. The first kappa shape index (κ1) is 13.9. The van der Waals surface area contributed by atoms with E-state index in [1.165, 1.54) is 0 Å². The van der Waals surface area contributed by atoms with Gasteiger partial charge in [0.2, 0.25) is 11.8 Å². The molecule has 1 rings (SSSR count). The van der Waals surface area contributed by atoms with Gasteiger partial charge in [0.05, 0.1) is 13.1 Å². The SMILES string of the molecule is NNc1cc(CN(CC(N)=O)CC(N)=O)ccn1. The molecule has 0 saturated carbocycles. The molecule has 0 aliphatic carbocycles. The molecule has 0 bridgehead atoms. The molecule has 0 spiro atoms. The van der Waals surface area contributed by atoms with E-state index in [1.54, 1.807) is 23.2 Å². The van der Waals surface area contributed by atoms with Gasteiger partial charge in [-0.05, 0) is 17.7 Å². The van der Waals surface area contributed by atoms with Crippen LogP contribution in [0.25, 0.3) is 0 Å². The smallest absolute Gasteiger partial charge is 0.231 e. The maximum atomic E-state index is 10.9. The van der Waals surface area contributed by atoms with E-state index in [0.717, 1.165) is 5.56 Å². The zero-order valence-corrected chi connectivity index (χ0v) is 9.80. The molecule has 1 heterocycles. The Morgan fingerprint density at radius 1 is 1.28 bits per heavy atom. The van der Waals surface area contributed by atoms with Gasteiger partial charge in [-0.2, -0.15) is 0 Å². The summed E-state index contributed by atoms with van der Waals surface area (Å²) in [6, 6.07) is 3.45. The predicted molar refractivity (Wildman–Crippen MR) is 65.7 cm³/mol. The van der Waals surface area contributed by atoms with E-state index in [0.29, 0.717) is 12.4 Å². The minimum atomic E-state index is -0.525. The summed E-state index contributed by atoms with van der Waals surface area (Å²) in [7, 11) is 0. The number of amides is 2. The summed E-state index contributed by atoms with van der Waals surface area (Å²) < 4.78 is 0. The van der Waals surface area contributed by atoms with Gasteiger partial charge < -0.3 is 16.9 Å². The zero-order chi connectivity index (χ0) is 13.5. The normalized spacial score (nSPS) is 10.3. The Morgan fingerprint density at radius 2 is 1.89 bits per heavy atom. The number of aromatic nitrogens is 1. The average molecular weight is 252 g/mol. The summed E-state index contributed by atoms with van der Waals surface area (Å²) in [6.45, 7) is 0.260. The summed E-state index contributed by atoms with van der Waals surface area (Å²) in [5.41, 5.74) is 13.4. The van der Waals surface area contributed by atoms with Gasteiger partial charge in [0.25, 0.3) is 0 Å². The summed E-state index contributed by atoms with van der Waals surface area (Å²) in [4.78, 5) is 27.3. The Labute approximate surface area is 104 Å². The number of anilines is 1. The predicted octanol–water partition coefficient (Wildman–Crippen LogP) is -1.86. The fourth-order valence-electron chi connectivity index (χ4n) is 1.52. The Kier molecular flexibility index (Phi) is 5.03. The minimum absolute atomic E-state index is 0.0450. The molecule has 1 aromatic heterocycles. The largest absolute Gasteiger partial charge is 0.369 e. The lowest BCUT2D eigenvalue weighted by Crippen LogP contribution is -2.39. The standard InChI is InChI=1S/C10H16N6O2/c11-8(17)5-16(6-9(12)18)4-7-1-2-14-10(3-7)15-13/h1-3H,4-6,13H2,(H2,11,17)(H2,12,18)(H,14,15). The molecular weight excluding hydrogens is 236 g/mol. The Hall–Kier alpha value is -2.19. The highest BCUT2D eigenvalue weighted by molar-refractivity contribution is 5.79. The monoisotopic (exact) mass is 252 g/mol. The molecule has 18 heavy (non-hydrogen) atoms. The van der Waals surface area contributed by atoms with Gasteiger partial charge in [0, 0.05) is 12.7 Å². The third-order valence-corrected chi connectivity index (χ3v) is 2.14. The number of nitrogens with zero attached hydrogens (tertiary/aromatic N) is 2. The van der Waals surface area contributed by atoms with Crippen LogP contribution in [0, 0.1) is 0 Å². The van der Waals surface area contributed by atoms with Crippen molar-refractivity contribution in [3.05, 3.63) is 23.9 Å². The molecule has 2 amide bonds. The van der Waals surface area contributed by atoms with E-state index in [2.05, 4.69) is 10.4 Å². The van der Waals surface area contributed by atoms with E-state index in [4.69, 9.17) is 17.3 Å². The maximum absolute atomic E-state index is 10.9. The van der Waals surface area contributed by atoms with Crippen LogP contribution in [0.15, 0.2) is 18.3 Å². The van der Waals surface area contributed by atoms with Crippen molar-refractivity contribution >= 4 is 17.6 Å². The molecule has 8 nitrogen and oxygen atoms in total. The van der Waals surface area contributed by atoms with E-state index in [1.807, 2.05) is 0 Å². The average Bonchev–Trinajstić information content (AvgIpc) is 2.27. The van der Waals surface area contributed by atoms with Crippen LogP contribution in [-0.4, -0.2) is 34.8 Å². The summed E-state index contributed by atoms with van der Waals surface area (Å²) >= 11 is 0. The highest BCUT2D eigenvalue weighted by Crippen LogP contribution is 2.08. The van der Waals surface area contributed by atoms with Gasteiger partial charge in [-0.15, -0.1) is 0 Å². The van der Waals surface area contributed by atoms with Crippen molar-refractivity contribution in [3.63, 3.8) is 0 Å². The van der Waals surface area contributed by atoms with E-state index < -0.39 is 11.8 Å². The van der Waals surface area contributed by atoms with Gasteiger partial charge in [-0.1, -0.05) is 0 Å². The number of hydrogen-bond acceptors (Lipinski definition) is 6. The van der Waals surface area contributed by atoms with Crippen LogP contribution in [0.4, 0.5) is 5.82 Å². The molecule has 0 aromatic carbocycles. The molecule has 7 N–H and O–H groups in total. The van der Waals surface area contributed by atoms with Gasteiger partial charge in [0.15, 0.2) is 0 Å². The third-order valence-electron chi connectivity index (χ3n) is 2.14. The van der Waals surface area contributed by atoms with Crippen molar-refractivity contribution < 1.29 is 9.59 Å². The first-order valence-electron chi connectivity index (χ1n) is 5.21. The van der Waals surface area contributed by atoms with Gasteiger partial charge >= 0.3 is 0 Å². The second-order valence-corrected chi connectivity index (χ2v) is 3.77. The van der Waals surface area contributed by atoms with E-state index >= 15 is 0 Å². The van der Waals surface area contributed by atoms with Gasteiger partial charge in [-0.25, -0.2) is 10.8 Å². The molecule has 1 aromatic rings. The second kappa shape index (κ2) is 6.52. The van der Waals surface area contributed by atoms with Crippen molar-refractivity contribution in [1.82, 2.24) is 9.88 Å². The Balaban J connectivity index is 2.74. The van der Waals surface area contributed by atoms with Crippen LogP contribution < -0.4 is 22.7 Å². The molecule has 0 fully saturated rings. The van der Waals surface area contributed by atoms with Crippen LogP contribution >= 0.6 is 0 Å². The van der Waals surface area contributed by atoms with Gasteiger partial charge in [-0.3, -0.25) is 14.5 Å². The van der Waals surface area contributed by atoms with Crippen molar-refractivity contribution in [3.8, 4) is 0 Å². The van der Waals surface area contributed by atoms with E-state index in [-0.39, 0.29) is 13.1 Å². The molecule has 0 unspecified atom stereocenters. The lowest BCUT2D eigenvalue weighted by molar-refractivity contribution is -0.122. The maximum Gasteiger partial charge on any atom is 0.231 e. The number of nitrogens with one attached hydrogen (secondary N) is 1. The lowest BCUT2D eigenvalue weighted by Gasteiger charge is -2.19. The topological polar surface area (TPSA) is 140 Å². The molecule has 0 aliphatic heterocycles. The molecule has 0 saturated heterocycles. The van der Waals surface area contributed by atoms with Crippen LogP contribution in [0.1, 0.15) is 5.56 Å². The molecule has 8 heteroatoms. The number of hydrazine groups is 1. The number of pyridine rings is 1. The fourth-order valence-corrected chi connectivity index (χ4v) is 1.52. The van der Waals surface area contributed by atoms with Crippen LogP contribution in [0.3, 0.4) is 0 Å². The molecular formula is C10H16N6O2. The van der Waals surface area contributed by atoms with Crippen molar-refractivity contribution in [2.24, 2.45) is 17.3 Å². The Morgan fingerprint density at radius 3 is 2.39 bits per heavy atom. The number of rotatable bonds is 7. The summed E-state index contributed by atoms with van der Waals surface area (Å²) in [5, 5.41) is 0. The molecule has 98 valence electrons. The van der Waals surface area contributed by atoms with Crippen LogP contribution in [0.5, 0.6) is 0 Å². The van der Waals surface area contributed by atoms with Crippen LogP contribution in [-0.2, 0) is 16.1 Å². The third kappa shape index (κ3) is 4.76. The number of nitrogens with two attached hydrogens (primary N) is 3.